The van der Waals surface area contributed by atoms with E-state index in [-0.39, 0.29) is 23.8 Å². The van der Waals surface area contributed by atoms with Crippen molar-refractivity contribution < 1.29 is 22.7 Å². The number of halogens is 3. The van der Waals surface area contributed by atoms with Crippen molar-refractivity contribution in [2.24, 2.45) is 0 Å². The van der Waals surface area contributed by atoms with Crippen molar-refractivity contribution >= 4 is 17.5 Å². The topological polar surface area (TPSA) is 103 Å². The Labute approximate surface area is 165 Å². The van der Waals surface area contributed by atoms with E-state index < -0.39 is 17.6 Å². The second-order valence-electron chi connectivity index (χ2n) is 6.07. The molecular weight excluding hydrogens is 387 g/mol. The van der Waals surface area contributed by atoms with Gasteiger partial charge in [0.2, 0.25) is 0 Å². The van der Waals surface area contributed by atoms with Gasteiger partial charge in [-0.25, -0.2) is 9.97 Å². The summed E-state index contributed by atoms with van der Waals surface area (Å²) in [6, 6.07) is 0.970. The number of amides is 1. The van der Waals surface area contributed by atoms with Crippen LogP contribution in [0, 0.1) is 13.8 Å². The number of nitrogen functional groups attached to an aromatic ring is 1. The van der Waals surface area contributed by atoms with Gasteiger partial charge in [-0.15, -0.1) is 0 Å². The molecule has 0 aromatic carbocycles. The number of allylic oxidation sites excluding steroid dienone is 1. The zero-order valence-corrected chi connectivity index (χ0v) is 16.1. The second-order valence-corrected chi connectivity index (χ2v) is 6.07. The number of alkyl halides is 3. The van der Waals surface area contributed by atoms with Crippen molar-refractivity contribution in [1.29, 1.82) is 0 Å². The maximum atomic E-state index is 12.7. The molecule has 0 radical (unpaired) electrons. The molecule has 10 heteroatoms. The molecule has 0 aliphatic carbocycles. The number of ether oxygens (including phenoxy) is 1. The zero-order chi connectivity index (χ0) is 21.8. The molecule has 2 aromatic rings. The minimum absolute atomic E-state index is 0.0954. The first-order chi connectivity index (χ1) is 13.5. The second kappa shape index (κ2) is 8.72. The number of carbonyl (C=O) groups excluding carboxylic acids is 1. The van der Waals surface area contributed by atoms with Gasteiger partial charge in [0.1, 0.15) is 11.5 Å². The molecule has 0 fully saturated rings. The molecule has 154 valence electrons. The summed E-state index contributed by atoms with van der Waals surface area (Å²) in [5.41, 5.74) is 6.13. The van der Waals surface area contributed by atoms with Crippen LogP contribution < -0.4 is 11.1 Å². The van der Waals surface area contributed by atoms with Gasteiger partial charge in [0, 0.05) is 6.20 Å². The molecule has 2 heterocycles. The maximum absolute atomic E-state index is 12.7. The number of hydrogen-bond donors (Lipinski definition) is 2. The predicted molar refractivity (Wildman–Crippen MR) is 101 cm³/mol. The predicted octanol–water partition coefficient (Wildman–Crippen LogP) is 3.54. The monoisotopic (exact) mass is 407 g/mol. The largest absolute Gasteiger partial charge is 0.464 e. The van der Waals surface area contributed by atoms with Crippen LogP contribution in [0.15, 0.2) is 31.2 Å². The first-order valence-electron chi connectivity index (χ1n) is 8.46. The van der Waals surface area contributed by atoms with Crippen molar-refractivity contribution in [1.82, 2.24) is 20.3 Å². The molecule has 2 aromatic heterocycles. The average Bonchev–Trinajstić information content (AvgIpc) is 2.65. The molecule has 3 N–H and O–H groups in total. The SMILES string of the molecule is C=C(O/C=C\C)c1nc(N)c(C(=O)NCc2ncc(C(F)(F)F)cc2C)nc1C. The summed E-state index contributed by atoms with van der Waals surface area (Å²) in [5.74, 6) is -0.549. The Kier molecular flexibility index (Phi) is 6.57. The maximum Gasteiger partial charge on any atom is 0.417 e. The summed E-state index contributed by atoms with van der Waals surface area (Å²) >= 11 is 0. The number of aryl methyl sites for hydroxylation is 2. The fourth-order valence-electron chi connectivity index (χ4n) is 2.36. The number of nitrogens with zero attached hydrogens (tertiary/aromatic N) is 3. The quantitative estimate of drug-likeness (QED) is 0.710. The van der Waals surface area contributed by atoms with Gasteiger partial charge in [-0.1, -0.05) is 12.7 Å². The molecule has 7 nitrogen and oxygen atoms in total. The molecule has 0 saturated carbocycles. The molecule has 0 atom stereocenters. The van der Waals surface area contributed by atoms with Crippen molar-refractivity contribution in [3.05, 3.63) is 65.1 Å². The van der Waals surface area contributed by atoms with Gasteiger partial charge in [0.05, 0.1) is 29.8 Å². The first-order valence-corrected chi connectivity index (χ1v) is 8.46. The van der Waals surface area contributed by atoms with Crippen molar-refractivity contribution in [3.63, 3.8) is 0 Å². The molecule has 2 rings (SSSR count). The molecule has 0 aliphatic heterocycles. The number of carbonyl (C=O) groups is 1. The molecule has 1 amide bonds. The average molecular weight is 407 g/mol. The summed E-state index contributed by atoms with van der Waals surface area (Å²) in [4.78, 5) is 24.5. The van der Waals surface area contributed by atoms with E-state index in [0.29, 0.717) is 22.6 Å². The fourth-order valence-corrected chi connectivity index (χ4v) is 2.36. The number of pyridine rings is 1. The van der Waals surface area contributed by atoms with Gasteiger partial charge in [0.25, 0.3) is 5.91 Å². The summed E-state index contributed by atoms with van der Waals surface area (Å²) in [5, 5.41) is 2.54. The van der Waals surface area contributed by atoms with Crippen LogP contribution in [0.4, 0.5) is 19.0 Å². The molecule has 0 unspecified atom stereocenters. The Morgan fingerprint density at radius 2 is 2.00 bits per heavy atom. The molecule has 0 spiro atoms. The Morgan fingerprint density at radius 1 is 1.31 bits per heavy atom. The number of hydrogen-bond acceptors (Lipinski definition) is 6. The van der Waals surface area contributed by atoms with Crippen LogP contribution in [-0.4, -0.2) is 20.9 Å². The van der Waals surface area contributed by atoms with Gasteiger partial charge in [-0.05, 0) is 32.4 Å². The van der Waals surface area contributed by atoms with Crippen LogP contribution in [0.1, 0.15) is 45.6 Å². The van der Waals surface area contributed by atoms with Gasteiger partial charge in [-0.2, -0.15) is 13.2 Å². The van der Waals surface area contributed by atoms with Gasteiger partial charge >= 0.3 is 6.18 Å². The molecular formula is C19H20F3N5O2. The van der Waals surface area contributed by atoms with Crippen LogP contribution in [0.5, 0.6) is 0 Å². The molecule has 0 saturated heterocycles. The van der Waals surface area contributed by atoms with E-state index in [2.05, 4.69) is 26.8 Å². The van der Waals surface area contributed by atoms with E-state index in [1.165, 1.54) is 13.2 Å². The van der Waals surface area contributed by atoms with Crippen LogP contribution in [-0.2, 0) is 17.5 Å². The number of anilines is 1. The smallest absolute Gasteiger partial charge is 0.417 e. The van der Waals surface area contributed by atoms with Crippen molar-refractivity contribution in [2.45, 2.75) is 33.5 Å². The minimum atomic E-state index is -4.48. The van der Waals surface area contributed by atoms with Gasteiger partial charge < -0.3 is 15.8 Å². The highest BCUT2D eigenvalue weighted by Gasteiger charge is 2.31. The van der Waals surface area contributed by atoms with E-state index in [1.54, 1.807) is 19.9 Å². The standard InChI is InChI=1S/C19H20F3N5O2/c1-5-6-29-12(4)15-11(3)26-16(17(23)27-15)18(28)25-9-14-10(2)7-13(8-24-14)19(20,21)22/h5-8H,4,9H2,1-3H3,(H2,23,27)(H,25,28)/b6-5-. The molecule has 29 heavy (non-hydrogen) atoms. The van der Waals surface area contributed by atoms with E-state index >= 15 is 0 Å². The Hall–Kier alpha value is -3.43. The van der Waals surface area contributed by atoms with E-state index in [9.17, 15) is 18.0 Å². The third-order valence-corrected chi connectivity index (χ3v) is 3.85. The lowest BCUT2D eigenvalue weighted by atomic mass is 10.1. The highest BCUT2D eigenvalue weighted by molar-refractivity contribution is 5.96. The lowest BCUT2D eigenvalue weighted by Crippen LogP contribution is -2.27. The summed E-state index contributed by atoms with van der Waals surface area (Å²) < 4.78 is 43.4. The van der Waals surface area contributed by atoms with E-state index in [0.717, 1.165) is 12.3 Å². The van der Waals surface area contributed by atoms with Gasteiger partial charge in [0.15, 0.2) is 11.5 Å². The Balaban J connectivity index is 2.15. The Morgan fingerprint density at radius 3 is 2.59 bits per heavy atom. The summed E-state index contributed by atoms with van der Waals surface area (Å²) in [7, 11) is 0. The van der Waals surface area contributed by atoms with Crippen molar-refractivity contribution in [3.8, 4) is 0 Å². The molecule has 0 aliphatic rings. The number of aromatic nitrogens is 3. The minimum Gasteiger partial charge on any atom is -0.464 e. The fraction of sp³-hybridized carbons (Fsp3) is 0.263. The van der Waals surface area contributed by atoms with Gasteiger partial charge in [-0.3, -0.25) is 9.78 Å². The number of nitrogens with two attached hydrogens (primary N) is 1. The van der Waals surface area contributed by atoms with Crippen LogP contribution in [0.25, 0.3) is 5.76 Å². The van der Waals surface area contributed by atoms with Crippen LogP contribution in [0.3, 0.4) is 0 Å². The zero-order valence-electron chi connectivity index (χ0n) is 16.1. The van der Waals surface area contributed by atoms with Crippen molar-refractivity contribution in [2.75, 3.05) is 5.73 Å². The van der Waals surface area contributed by atoms with E-state index in [1.807, 2.05) is 0 Å². The highest BCUT2D eigenvalue weighted by atomic mass is 19.4. The third-order valence-electron chi connectivity index (χ3n) is 3.85. The number of rotatable bonds is 6. The summed E-state index contributed by atoms with van der Waals surface area (Å²) in [6.07, 6.45) is -0.683. The normalized spacial score (nSPS) is 11.5. The van der Waals surface area contributed by atoms with E-state index in [4.69, 9.17) is 10.5 Å². The lowest BCUT2D eigenvalue weighted by molar-refractivity contribution is -0.137. The number of nitrogens with one attached hydrogen (secondary N) is 1. The highest BCUT2D eigenvalue weighted by Crippen LogP contribution is 2.29. The molecule has 0 bridgehead atoms. The van der Waals surface area contributed by atoms with Crippen LogP contribution in [0.2, 0.25) is 0 Å². The lowest BCUT2D eigenvalue weighted by Gasteiger charge is -2.13. The Bertz CT molecular complexity index is 971. The third kappa shape index (κ3) is 5.31. The first kappa shape index (κ1) is 21.9. The van der Waals surface area contributed by atoms with Crippen LogP contribution >= 0.6 is 0 Å². The summed E-state index contributed by atoms with van der Waals surface area (Å²) in [6.45, 7) is 8.49.